The normalized spacial score (nSPS) is 16.1. The van der Waals surface area contributed by atoms with Crippen LogP contribution < -0.4 is 10.1 Å². The van der Waals surface area contributed by atoms with Crippen LogP contribution >= 0.6 is 0 Å². The molecule has 0 atom stereocenters. The molecule has 6 heteroatoms. The van der Waals surface area contributed by atoms with Gasteiger partial charge in [0.25, 0.3) is 5.91 Å². The second-order valence-electron chi connectivity index (χ2n) is 8.52. The third-order valence-corrected chi connectivity index (χ3v) is 6.20. The third kappa shape index (κ3) is 4.37. The van der Waals surface area contributed by atoms with Crippen LogP contribution in [0.25, 0.3) is 17.2 Å². The minimum Gasteiger partial charge on any atom is -0.482 e. The molecular weight excluding hydrogens is 414 g/mol. The molecule has 2 aliphatic rings. The molecule has 2 aromatic carbocycles. The lowest BCUT2D eigenvalue weighted by Crippen LogP contribution is -2.49. The maximum atomic E-state index is 13.0. The summed E-state index contributed by atoms with van der Waals surface area (Å²) in [5.74, 6) is 0.980. The summed E-state index contributed by atoms with van der Waals surface area (Å²) in [4.78, 5) is 30.2. The van der Waals surface area contributed by atoms with Crippen LogP contribution in [-0.2, 0) is 4.79 Å². The van der Waals surface area contributed by atoms with Crippen molar-refractivity contribution in [3.8, 4) is 16.9 Å². The van der Waals surface area contributed by atoms with E-state index in [0.29, 0.717) is 24.5 Å². The van der Waals surface area contributed by atoms with E-state index in [-0.39, 0.29) is 11.8 Å². The van der Waals surface area contributed by atoms with Crippen molar-refractivity contribution in [1.82, 2.24) is 9.88 Å². The summed E-state index contributed by atoms with van der Waals surface area (Å²) in [5, 5.41) is 2.62. The van der Waals surface area contributed by atoms with E-state index in [9.17, 15) is 9.59 Å². The smallest absolute Gasteiger partial charge is 0.254 e. The quantitative estimate of drug-likeness (QED) is 0.637. The molecule has 5 rings (SSSR count). The molecule has 6 nitrogen and oxygen atoms in total. The van der Waals surface area contributed by atoms with Gasteiger partial charge in [-0.3, -0.25) is 9.59 Å². The molecule has 33 heavy (non-hydrogen) atoms. The molecule has 1 N–H and O–H groups in total. The molecule has 3 heterocycles. The molecular formula is C27H25N3O3. The van der Waals surface area contributed by atoms with E-state index in [0.717, 1.165) is 29.7 Å². The highest BCUT2D eigenvalue weighted by Crippen LogP contribution is 2.39. The molecule has 2 amide bonds. The molecule has 0 saturated carbocycles. The van der Waals surface area contributed by atoms with E-state index in [2.05, 4.69) is 46.7 Å². The first-order valence-electron chi connectivity index (χ1n) is 11.1. The zero-order chi connectivity index (χ0) is 22.8. The molecule has 1 fully saturated rings. The highest BCUT2D eigenvalue weighted by molar-refractivity contribution is 5.96. The fourth-order valence-corrected chi connectivity index (χ4v) is 4.43. The molecule has 0 aliphatic carbocycles. The predicted octanol–water partition coefficient (Wildman–Crippen LogP) is 4.79. The van der Waals surface area contributed by atoms with Gasteiger partial charge in [-0.2, -0.15) is 0 Å². The number of ether oxygens (including phenoxy) is 1. The van der Waals surface area contributed by atoms with Crippen molar-refractivity contribution in [2.24, 2.45) is 0 Å². The Morgan fingerprint density at radius 2 is 1.79 bits per heavy atom. The largest absolute Gasteiger partial charge is 0.482 e. The number of amides is 2. The van der Waals surface area contributed by atoms with Gasteiger partial charge < -0.3 is 15.0 Å². The molecule has 0 bridgehead atoms. The van der Waals surface area contributed by atoms with Crippen LogP contribution in [0.3, 0.4) is 0 Å². The van der Waals surface area contributed by atoms with Gasteiger partial charge in [0.05, 0.1) is 0 Å². The monoisotopic (exact) mass is 439 g/mol. The van der Waals surface area contributed by atoms with Crippen LogP contribution in [0, 0.1) is 0 Å². The Hall–Kier alpha value is -3.93. The van der Waals surface area contributed by atoms with Gasteiger partial charge in [0, 0.05) is 50.2 Å². The summed E-state index contributed by atoms with van der Waals surface area (Å²) >= 11 is 0. The van der Waals surface area contributed by atoms with Crippen LogP contribution in [-0.4, -0.2) is 40.4 Å². The van der Waals surface area contributed by atoms with Gasteiger partial charge in [0.2, 0.25) is 5.91 Å². The zero-order valence-electron chi connectivity index (χ0n) is 18.5. The molecule has 2 aliphatic heterocycles. The van der Waals surface area contributed by atoms with Gasteiger partial charge in [-0.1, -0.05) is 42.5 Å². The Morgan fingerprint density at radius 1 is 1.00 bits per heavy atom. The average molecular weight is 440 g/mol. The van der Waals surface area contributed by atoms with Crippen molar-refractivity contribution in [3.63, 3.8) is 0 Å². The number of benzene rings is 2. The van der Waals surface area contributed by atoms with Gasteiger partial charge in [-0.15, -0.1) is 0 Å². The second kappa shape index (κ2) is 8.54. The maximum absolute atomic E-state index is 13.0. The Morgan fingerprint density at radius 3 is 2.55 bits per heavy atom. The van der Waals surface area contributed by atoms with Gasteiger partial charge >= 0.3 is 0 Å². The fourth-order valence-electron chi connectivity index (χ4n) is 4.43. The van der Waals surface area contributed by atoms with Crippen LogP contribution in [0.2, 0.25) is 0 Å². The van der Waals surface area contributed by atoms with Crippen LogP contribution in [0.4, 0.5) is 5.82 Å². The predicted molar refractivity (Wildman–Crippen MR) is 128 cm³/mol. The number of carbonyl (C=O) groups is 2. The number of likely N-dealkylation sites (tertiary alicyclic amines) is 1. The van der Waals surface area contributed by atoms with Crippen LogP contribution in [0.15, 0.2) is 72.9 Å². The minimum atomic E-state index is -0.391. The number of carbonyl (C=O) groups excluding carboxylic acids is 2. The van der Waals surface area contributed by atoms with Crippen molar-refractivity contribution >= 4 is 23.7 Å². The topological polar surface area (TPSA) is 71.5 Å². The zero-order valence-corrected chi connectivity index (χ0v) is 18.5. The number of hydrogen-bond acceptors (Lipinski definition) is 4. The van der Waals surface area contributed by atoms with Crippen molar-refractivity contribution in [2.75, 3.05) is 18.4 Å². The number of anilines is 1. The van der Waals surface area contributed by atoms with Gasteiger partial charge in [0.1, 0.15) is 17.2 Å². The lowest BCUT2D eigenvalue weighted by Gasteiger charge is -2.42. The van der Waals surface area contributed by atoms with Crippen LogP contribution in [0.1, 0.15) is 35.7 Å². The molecule has 0 unspecified atom stereocenters. The summed E-state index contributed by atoms with van der Waals surface area (Å²) in [7, 11) is 0. The molecule has 166 valence electrons. The van der Waals surface area contributed by atoms with Crippen LogP contribution in [0.5, 0.6) is 5.75 Å². The van der Waals surface area contributed by atoms with E-state index in [1.54, 1.807) is 12.1 Å². The van der Waals surface area contributed by atoms with E-state index in [1.807, 2.05) is 29.2 Å². The standard InChI is InChI=1S/C27H25N3O3/c1-19(31)29-25-18-23(10-14-28-25)26(32)30-15-12-27(13-16-30)11-9-22-17-21(7-8-24(22)33-27)20-5-3-2-4-6-20/h2-11,14,17-18H,12-13,15-16H2,1H3,(H,28,29,31). The van der Waals surface area contributed by atoms with E-state index in [1.165, 1.54) is 18.7 Å². The number of pyridine rings is 1. The number of aromatic nitrogens is 1. The summed E-state index contributed by atoms with van der Waals surface area (Å²) in [5.41, 5.74) is 3.54. The van der Waals surface area contributed by atoms with E-state index in [4.69, 9.17) is 4.74 Å². The third-order valence-electron chi connectivity index (χ3n) is 6.20. The first kappa shape index (κ1) is 20.9. The maximum Gasteiger partial charge on any atom is 0.254 e. The van der Waals surface area contributed by atoms with Gasteiger partial charge in [-0.25, -0.2) is 4.98 Å². The number of nitrogens with one attached hydrogen (secondary N) is 1. The van der Waals surface area contributed by atoms with Gasteiger partial charge in [0.15, 0.2) is 0 Å². The highest BCUT2D eigenvalue weighted by Gasteiger charge is 2.38. The Balaban J connectivity index is 1.27. The summed E-state index contributed by atoms with van der Waals surface area (Å²) in [6.45, 7) is 2.61. The lowest BCUT2D eigenvalue weighted by molar-refractivity contribution is -0.114. The first-order chi connectivity index (χ1) is 16.0. The second-order valence-corrected chi connectivity index (χ2v) is 8.52. The lowest BCUT2D eigenvalue weighted by atomic mass is 9.87. The molecule has 1 spiro atoms. The fraction of sp³-hybridized carbons (Fsp3) is 0.222. The van der Waals surface area contributed by atoms with E-state index < -0.39 is 5.60 Å². The molecule has 1 aromatic heterocycles. The van der Waals surface area contributed by atoms with Crippen molar-refractivity contribution < 1.29 is 14.3 Å². The Kier molecular flexibility index (Phi) is 5.42. The molecule has 1 saturated heterocycles. The summed E-state index contributed by atoms with van der Waals surface area (Å²) < 4.78 is 6.47. The Labute approximate surface area is 192 Å². The summed E-state index contributed by atoms with van der Waals surface area (Å²) in [6.07, 6.45) is 7.27. The Bertz CT molecular complexity index is 1230. The summed E-state index contributed by atoms with van der Waals surface area (Å²) in [6, 6.07) is 19.9. The first-order valence-corrected chi connectivity index (χ1v) is 11.1. The number of piperidine rings is 1. The molecule has 3 aromatic rings. The van der Waals surface area contributed by atoms with Crippen molar-refractivity contribution in [3.05, 3.63) is 84.1 Å². The van der Waals surface area contributed by atoms with E-state index >= 15 is 0 Å². The van der Waals surface area contributed by atoms with Crippen molar-refractivity contribution in [1.29, 1.82) is 0 Å². The number of rotatable bonds is 3. The van der Waals surface area contributed by atoms with Crippen molar-refractivity contribution in [2.45, 2.75) is 25.4 Å². The highest BCUT2D eigenvalue weighted by atomic mass is 16.5. The number of nitrogens with zero attached hydrogens (tertiary/aromatic N) is 2. The minimum absolute atomic E-state index is 0.0634. The number of hydrogen-bond donors (Lipinski definition) is 1. The SMILES string of the molecule is CC(=O)Nc1cc(C(=O)N2CCC3(C=Cc4cc(-c5ccccc5)ccc4O3)CC2)ccn1. The average Bonchev–Trinajstić information content (AvgIpc) is 2.84. The number of fused-ring (bicyclic) bond motifs is 1. The van der Waals surface area contributed by atoms with Gasteiger partial charge in [-0.05, 0) is 41.5 Å². The molecule has 0 radical (unpaired) electrons.